The number of aryl methyl sites for hydroxylation is 1. The van der Waals surface area contributed by atoms with E-state index in [2.05, 4.69) is 21.8 Å². The molecule has 0 amide bonds. The number of rotatable bonds is 6. The van der Waals surface area contributed by atoms with Crippen molar-refractivity contribution in [3.8, 4) is 0 Å². The molecule has 0 saturated heterocycles. The number of hydrogen-bond acceptors (Lipinski definition) is 5. The molecule has 0 radical (unpaired) electrons. The summed E-state index contributed by atoms with van der Waals surface area (Å²) in [4.78, 5) is 22.0. The van der Waals surface area contributed by atoms with Crippen LogP contribution in [0.15, 0.2) is 17.3 Å². The number of carbonyl (C=O) groups is 1. The fourth-order valence-corrected chi connectivity index (χ4v) is 3.10. The van der Waals surface area contributed by atoms with Gasteiger partial charge in [0, 0.05) is 18.3 Å². The molecule has 0 aromatic carbocycles. The molecule has 114 valence electrons. The summed E-state index contributed by atoms with van der Waals surface area (Å²) >= 11 is 1.24. The van der Waals surface area contributed by atoms with Crippen molar-refractivity contribution in [1.82, 2.24) is 19.4 Å². The molecule has 0 bridgehead atoms. The Balaban J connectivity index is 2.47. The Kier molecular flexibility index (Phi) is 4.84. The molecule has 0 aliphatic heterocycles. The summed E-state index contributed by atoms with van der Waals surface area (Å²) in [6.07, 6.45) is 0. The van der Waals surface area contributed by atoms with Gasteiger partial charge >= 0.3 is 5.97 Å². The number of fused-ring (bicyclic) bond motifs is 1. The highest BCUT2D eigenvalue weighted by Gasteiger charge is 2.18. The van der Waals surface area contributed by atoms with E-state index in [1.807, 2.05) is 37.7 Å². The van der Waals surface area contributed by atoms with Crippen LogP contribution < -0.4 is 0 Å². The van der Waals surface area contributed by atoms with E-state index in [0.717, 1.165) is 23.4 Å². The third kappa shape index (κ3) is 3.74. The van der Waals surface area contributed by atoms with Crippen LogP contribution in [0, 0.1) is 6.92 Å². The van der Waals surface area contributed by atoms with Gasteiger partial charge in [-0.1, -0.05) is 11.8 Å². The normalized spacial score (nSPS) is 13.0. The summed E-state index contributed by atoms with van der Waals surface area (Å²) in [6, 6.07) is 4.01. The first-order valence-corrected chi connectivity index (χ1v) is 7.72. The SMILES string of the molecule is Cc1ccc2nc(SCC(=O)O)n(C(C)CN(C)C)c2n1. The number of nitrogens with zero attached hydrogens (tertiary/aromatic N) is 4. The average molecular weight is 308 g/mol. The maximum Gasteiger partial charge on any atom is 0.313 e. The lowest BCUT2D eigenvalue weighted by atomic mass is 10.3. The van der Waals surface area contributed by atoms with Gasteiger partial charge in [-0.05, 0) is 40.1 Å². The lowest BCUT2D eigenvalue weighted by molar-refractivity contribution is -0.133. The molecule has 6 nitrogen and oxygen atoms in total. The van der Waals surface area contributed by atoms with Crippen molar-refractivity contribution < 1.29 is 9.90 Å². The van der Waals surface area contributed by atoms with Gasteiger partial charge in [0.15, 0.2) is 10.8 Å². The average Bonchev–Trinajstić information content (AvgIpc) is 2.73. The van der Waals surface area contributed by atoms with Gasteiger partial charge in [0.05, 0.1) is 5.75 Å². The van der Waals surface area contributed by atoms with Crippen LogP contribution in [0.3, 0.4) is 0 Å². The monoisotopic (exact) mass is 308 g/mol. The van der Waals surface area contributed by atoms with E-state index >= 15 is 0 Å². The molecule has 2 aromatic heterocycles. The summed E-state index contributed by atoms with van der Waals surface area (Å²) in [5.74, 6) is -0.847. The topological polar surface area (TPSA) is 71.2 Å². The molecule has 1 N–H and O–H groups in total. The number of aromatic nitrogens is 3. The van der Waals surface area contributed by atoms with Gasteiger partial charge in [0.25, 0.3) is 0 Å². The Morgan fingerprint density at radius 2 is 2.14 bits per heavy atom. The molecule has 21 heavy (non-hydrogen) atoms. The van der Waals surface area contributed by atoms with E-state index in [-0.39, 0.29) is 11.8 Å². The highest BCUT2D eigenvalue weighted by atomic mass is 32.2. The van der Waals surface area contributed by atoms with E-state index < -0.39 is 5.97 Å². The number of likely N-dealkylation sites (N-methyl/N-ethyl adjacent to an activating group) is 1. The van der Waals surface area contributed by atoms with Crippen LogP contribution in [0.5, 0.6) is 0 Å². The molecular weight excluding hydrogens is 288 g/mol. The molecule has 2 rings (SSSR count). The first-order chi connectivity index (χ1) is 9.88. The summed E-state index contributed by atoms with van der Waals surface area (Å²) in [5.41, 5.74) is 2.55. The highest BCUT2D eigenvalue weighted by Crippen LogP contribution is 2.27. The zero-order chi connectivity index (χ0) is 15.6. The number of thioether (sulfide) groups is 1. The van der Waals surface area contributed by atoms with E-state index in [0.29, 0.717) is 5.16 Å². The van der Waals surface area contributed by atoms with Gasteiger partial charge in [-0.3, -0.25) is 9.36 Å². The predicted molar refractivity (Wildman–Crippen MR) is 83.9 cm³/mol. The predicted octanol–water partition coefficient (Wildman–Crippen LogP) is 2.04. The zero-order valence-electron chi connectivity index (χ0n) is 12.7. The maximum absolute atomic E-state index is 10.8. The molecule has 0 aliphatic rings. The molecule has 7 heteroatoms. The van der Waals surface area contributed by atoms with Gasteiger partial charge in [0.1, 0.15) is 5.52 Å². The van der Waals surface area contributed by atoms with Crippen molar-refractivity contribution in [2.24, 2.45) is 0 Å². The smallest absolute Gasteiger partial charge is 0.313 e. The van der Waals surface area contributed by atoms with Crippen LogP contribution in [-0.4, -0.2) is 56.9 Å². The number of carboxylic acids is 1. The summed E-state index contributed by atoms with van der Waals surface area (Å²) < 4.78 is 2.04. The van der Waals surface area contributed by atoms with Crippen LogP contribution in [-0.2, 0) is 4.79 Å². The number of hydrogen-bond donors (Lipinski definition) is 1. The third-order valence-corrected chi connectivity index (χ3v) is 3.98. The van der Waals surface area contributed by atoms with Gasteiger partial charge < -0.3 is 10.0 Å². The Bertz CT molecular complexity index is 654. The van der Waals surface area contributed by atoms with Gasteiger partial charge in [0.2, 0.25) is 0 Å². The second kappa shape index (κ2) is 6.44. The maximum atomic E-state index is 10.8. The van der Waals surface area contributed by atoms with Gasteiger partial charge in [-0.25, -0.2) is 9.97 Å². The Morgan fingerprint density at radius 1 is 1.43 bits per heavy atom. The Morgan fingerprint density at radius 3 is 2.76 bits per heavy atom. The van der Waals surface area contributed by atoms with Crippen LogP contribution >= 0.6 is 11.8 Å². The summed E-state index contributed by atoms with van der Waals surface area (Å²) in [5, 5.41) is 9.60. The van der Waals surface area contributed by atoms with E-state index in [9.17, 15) is 4.79 Å². The first kappa shape index (κ1) is 15.8. The number of aliphatic carboxylic acids is 1. The van der Waals surface area contributed by atoms with E-state index in [1.165, 1.54) is 11.8 Å². The number of imidazole rings is 1. The molecule has 0 fully saturated rings. The number of pyridine rings is 1. The Labute approximate surface area is 128 Å². The first-order valence-electron chi connectivity index (χ1n) is 6.73. The molecule has 0 spiro atoms. The van der Waals surface area contributed by atoms with Gasteiger partial charge in [-0.15, -0.1) is 0 Å². The lowest BCUT2D eigenvalue weighted by Gasteiger charge is -2.20. The minimum absolute atomic E-state index is 0.00299. The molecular formula is C14H20N4O2S. The second-order valence-corrected chi connectivity index (χ2v) is 6.30. The Hall–Kier alpha value is -1.60. The zero-order valence-corrected chi connectivity index (χ0v) is 13.5. The van der Waals surface area contributed by atoms with Crippen molar-refractivity contribution in [1.29, 1.82) is 0 Å². The van der Waals surface area contributed by atoms with Crippen LogP contribution in [0.25, 0.3) is 11.2 Å². The number of carboxylic acid groups (broad SMARTS) is 1. The van der Waals surface area contributed by atoms with E-state index in [1.54, 1.807) is 0 Å². The minimum atomic E-state index is -0.844. The minimum Gasteiger partial charge on any atom is -0.481 e. The second-order valence-electron chi connectivity index (χ2n) is 5.35. The van der Waals surface area contributed by atoms with Crippen molar-refractivity contribution in [2.75, 3.05) is 26.4 Å². The molecule has 2 aromatic rings. The fraction of sp³-hybridized carbons (Fsp3) is 0.500. The third-order valence-electron chi connectivity index (χ3n) is 3.04. The van der Waals surface area contributed by atoms with Crippen molar-refractivity contribution in [3.05, 3.63) is 17.8 Å². The van der Waals surface area contributed by atoms with Crippen molar-refractivity contribution in [2.45, 2.75) is 25.0 Å². The standard InChI is InChI=1S/C14H20N4O2S/c1-9-5-6-11-13(15-9)18(10(2)7-17(3)4)14(16-11)21-8-12(19)20/h5-6,10H,7-8H2,1-4H3,(H,19,20). The molecule has 0 saturated carbocycles. The summed E-state index contributed by atoms with van der Waals surface area (Å²) in [7, 11) is 4.02. The molecule has 1 unspecified atom stereocenters. The van der Waals surface area contributed by atoms with Crippen molar-refractivity contribution >= 4 is 28.9 Å². The van der Waals surface area contributed by atoms with Crippen LogP contribution in [0.4, 0.5) is 0 Å². The van der Waals surface area contributed by atoms with Crippen molar-refractivity contribution in [3.63, 3.8) is 0 Å². The van der Waals surface area contributed by atoms with Crippen LogP contribution in [0.2, 0.25) is 0 Å². The summed E-state index contributed by atoms with van der Waals surface area (Å²) in [6.45, 7) is 4.87. The molecule has 0 aliphatic carbocycles. The van der Waals surface area contributed by atoms with Crippen LogP contribution in [0.1, 0.15) is 18.7 Å². The lowest BCUT2D eigenvalue weighted by Crippen LogP contribution is -2.23. The highest BCUT2D eigenvalue weighted by molar-refractivity contribution is 7.99. The molecule has 1 atom stereocenters. The largest absolute Gasteiger partial charge is 0.481 e. The van der Waals surface area contributed by atoms with E-state index in [4.69, 9.17) is 5.11 Å². The van der Waals surface area contributed by atoms with Gasteiger partial charge in [-0.2, -0.15) is 0 Å². The molecule has 2 heterocycles. The quantitative estimate of drug-likeness (QED) is 0.823. The fourth-order valence-electron chi connectivity index (χ4n) is 2.28.